The maximum atomic E-state index is 12.6. The van der Waals surface area contributed by atoms with Gasteiger partial charge >= 0.3 is 0 Å². The molecule has 6 nitrogen and oxygen atoms in total. The molecular weight excluding hydrogens is 342 g/mol. The highest BCUT2D eigenvalue weighted by Gasteiger charge is 2.26. The molecule has 0 bridgehead atoms. The summed E-state index contributed by atoms with van der Waals surface area (Å²) < 4.78 is 5.14. The first kappa shape index (κ1) is 19.7. The Hall–Kier alpha value is -2.08. The fraction of sp³-hybridized carbons (Fsp3) is 0.619. The molecule has 1 N–H and O–H groups in total. The molecule has 1 aliphatic carbocycles. The van der Waals surface area contributed by atoms with Crippen molar-refractivity contribution in [3.8, 4) is 5.75 Å². The van der Waals surface area contributed by atoms with Crippen molar-refractivity contribution >= 4 is 11.8 Å². The van der Waals surface area contributed by atoms with E-state index in [1.54, 1.807) is 31.4 Å². The number of hydrogen-bond donors (Lipinski definition) is 1. The van der Waals surface area contributed by atoms with Crippen LogP contribution in [0.25, 0.3) is 0 Å². The number of benzene rings is 1. The van der Waals surface area contributed by atoms with E-state index >= 15 is 0 Å². The molecule has 1 aromatic rings. The van der Waals surface area contributed by atoms with Crippen molar-refractivity contribution in [2.75, 3.05) is 39.8 Å². The molecule has 148 valence electrons. The number of rotatable bonds is 5. The van der Waals surface area contributed by atoms with E-state index in [2.05, 4.69) is 17.1 Å². The Morgan fingerprint density at radius 3 is 2.37 bits per heavy atom. The Labute approximate surface area is 161 Å². The molecular formula is C21H31N3O3. The molecule has 1 saturated carbocycles. The summed E-state index contributed by atoms with van der Waals surface area (Å²) in [5, 5.41) is 3.21. The van der Waals surface area contributed by atoms with Crippen LogP contribution in [0.5, 0.6) is 5.75 Å². The van der Waals surface area contributed by atoms with Gasteiger partial charge in [-0.3, -0.25) is 14.5 Å². The molecule has 1 saturated heterocycles. The molecule has 1 heterocycles. The van der Waals surface area contributed by atoms with Crippen molar-refractivity contribution in [2.45, 2.75) is 38.6 Å². The Morgan fingerprint density at radius 1 is 1.07 bits per heavy atom. The molecule has 3 rings (SSSR count). The van der Waals surface area contributed by atoms with Gasteiger partial charge in [-0.25, -0.2) is 0 Å². The zero-order valence-corrected chi connectivity index (χ0v) is 16.4. The average Bonchev–Trinajstić information content (AvgIpc) is 2.70. The lowest BCUT2D eigenvalue weighted by molar-refractivity contribution is -0.123. The zero-order valence-electron chi connectivity index (χ0n) is 16.4. The summed E-state index contributed by atoms with van der Waals surface area (Å²) in [4.78, 5) is 29.0. The predicted octanol–water partition coefficient (Wildman–Crippen LogP) is 2.15. The van der Waals surface area contributed by atoms with Crippen molar-refractivity contribution in [3.05, 3.63) is 29.8 Å². The van der Waals surface area contributed by atoms with Crippen LogP contribution in [-0.4, -0.2) is 67.5 Å². The maximum Gasteiger partial charge on any atom is 0.253 e. The molecule has 1 aliphatic heterocycles. The number of hydrogen-bond acceptors (Lipinski definition) is 4. The molecule has 2 atom stereocenters. The summed E-state index contributed by atoms with van der Waals surface area (Å²) in [7, 11) is 1.61. The van der Waals surface area contributed by atoms with Crippen LogP contribution < -0.4 is 10.1 Å². The zero-order chi connectivity index (χ0) is 19.2. The van der Waals surface area contributed by atoms with Gasteiger partial charge in [0.1, 0.15) is 5.75 Å². The highest BCUT2D eigenvalue weighted by molar-refractivity contribution is 5.94. The summed E-state index contributed by atoms with van der Waals surface area (Å²) in [5.41, 5.74) is 0.674. The van der Waals surface area contributed by atoms with Gasteiger partial charge in [-0.15, -0.1) is 0 Å². The second-order valence-corrected chi connectivity index (χ2v) is 7.73. The maximum absolute atomic E-state index is 12.6. The summed E-state index contributed by atoms with van der Waals surface area (Å²) in [6.45, 7) is 5.42. The van der Waals surface area contributed by atoms with Crippen molar-refractivity contribution in [1.82, 2.24) is 15.1 Å². The molecule has 2 fully saturated rings. The normalized spacial score (nSPS) is 23.7. The number of nitrogens with one attached hydrogen (secondary N) is 1. The van der Waals surface area contributed by atoms with E-state index in [1.807, 2.05) is 4.90 Å². The van der Waals surface area contributed by atoms with E-state index < -0.39 is 0 Å². The van der Waals surface area contributed by atoms with Crippen LogP contribution in [0.3, 0.4) is 0 Å². The lowest BCUT2D eigenvalue weighted by Crippen LogP contribution is -2.52. The predicted molar refractivity (Wildman–Crippen MR) is 105 cm³/mol. The Kier molecular flexibility index (Phi) is 6.72. The third-order valence-electron chi connectivity index (χ3n) is 5.82. The highest BCUT2D eigenvalue weighted by atomic mass is 16.5. The first-order valence-electron chi connectivity index (χ1n) is 10.0. The summed E-state index contributed by atoms with van der Waals surface area (Å²) >= 11 is 0. The van der Waals surface area contributed by atoms with Gasteiger partial charge in [0.05, 0.1) is 13.7 Å². The number of nitrogens with zero attached hydrogens (tertiary/aromatic N) is 2. The monoisotopic (exact) mass is 373 g/mol. The molecule has 6 heteroatoms. The smallest absolute Gasteiger partial charge is 0.253 e. The van der Waals surface area contributed by atoms with Crippen LogP contribution in [-0.2, 0) is 4.79 Å². The molecule has 0 aromatic heterocycles. The lowest BCUT2D eigenvalue weighted by Gasteiger charge is -2.35. The number of carbonyl (C=O) groups is 2. The summed E-state index contributed by atoms with van der Waals surface area (Å²) in [5.74, 6) is 1.47. The van der Waals surface area contributed by atoms with Gasteiger partial charge in [0.15, 0.2) is 0 Å². The highest BCUT2D eigenvalue weighted by Crippen LogP contribution is 2.23. The fourth-order valence-corrected chi connectivity index (χ4v) is 4.01. The van der Waals surface area contributed by atoms with Gasteiger partial charge < -0.3 is 15.0 Å². The van der Waals surface area contributed by atoms with Crippen LogP contribution in [0.2, 0.25) is 0 Å². The first-order valence-corrected chi connectivity index (χ1v) is 10.0. The number of piperazine rings is 1. The lowest BCUT2D eigenvalue weighted by atomic mass is 9.86. The second-order valence-electron chi connectivity index (χ2n) is 7.73. The van der Waals surface area contributed by atoms with E-state index in [9.17, 15) is 9.59 Å². The topological polar surface area (TPSA) is 61.9 Å². The van der Waals surface area contributed by atoms with E-state index in [4.69, 9.17) is 4.74 Å². The number of ether oxygens (including phenoxy) is 1. The van der Waals surface area contributed by atoms with E-state index in [0.29, 0.717) is 37.2 Å². The number of carbonyl (C=O) groups excluding carboxylic acids is 2. The van der Waals surface area contributed by atoms with E-state index in [-0.39, 0.29) is 11.8 Å². The van der Waals surface area contributed by atoms with Crippen LogP contribution in [0.15, 0.2) is 24.3 Å². The quantitative estimate of drug-likeness (QED) is 0.859. The SMILES string of the molecule is COc1ccc(C(=O)N2CCN(CC(=O)NC3CCCCC3C)CC2)cc1. The molecule has 0 radical (unpaired) electrons. The molecule has 2 unspecified atom stereocenters. The van der Waals surface area contributed by atoms with Crippen molar-refractivity contribution in [2.24, 2.45) is 5.92 Å². The standard InChI is InChI=1S/C21H31N3O3/c1-16-5-3-4-6-19(16)22-20(25)15-23-11-13-24(14-12-23)21(26)17-7-9-18(27-2)10-8-17/h7-10,16,19H,3-6,11-15H2,1-2H3,(H,22,25). The third kappa shape index (κ3) is 5.22. The van der Waals surface area contributed by atoms with Gasteiger partial charge in [0, 0.05) is 37.8 Å². The van der Waals surface area contributed by atoms with Crippen molar-refractivity contribution in [3.63, 3.8) is 0 Å². The van der Waals surface area contributed by atoms with Gasteiger partial charge in [-0.05, 0) is 43.0 Å². The summed E-state index contributed by atoms with van der Waals surface area (Å²) in [6, 6.07) is 7.53. The van der Waals surface area contributed by atoms with E-state index in [1.165, 1.54) is 19.3 Å². The molecule has 2 amide bonds. The minimum atomic E-state index is 0.0396. The van der Waals surface area contributed by atoms with Gasteiger partial charge in [-0.1, -0.05) is 19.8 Å². The van der Waals surface area contributed by atoms with Crippen LogP contribution in [0.4, 0.5) is 0 Å². The minimum Gasteiger partial charge on any atom is -0.497 e. The van der Waals surface area contributed by atoms with Gasteiger partial charge in [0.2, 0.25) is 5.91 Å². The molecule has 1 aromatic carbocycles. The van der Waals surface area contributed by atoms with E-state index in [0.717, 1.165) is 25.3 Å². The second kappa shape index (κ2) is 9.22. The van der Waals surface area contributed by atoms with Crippen molar-refractivity contribution < 1.29 is 14.3 Å². The van der Waals surface area contributed by atoms with Crippen LogP contribution in [0.1, 0.15) is 43.0 Å². The minimum absolute atomic E-state index is 0.0396. The number of amides is 2. The summed E-state index contributed by atoms with van der Waals surface area (Å²) in [6.07, 6.45) is 4.79. The van der Waals surface area contributed by atoms with Gasteiger partial charge in [-0.2, -0.15) is 0 Å². The third-order valence-corrected chi connectivity index (χ3v) is 5.82. The van der Waals surface area contributed by atoms with Crippen molar-refractivity contribution in [1.29, 1.82) is 0 Å². The number of methoxy groups -OCH3 is 1. The average molecular weight is 373 g/mol. The Balaban J connectivity index is 1.44. The van der Waals surface area contributed by atoms with Crippen LogP contribution >= 0.6 is 0 Å². The Morgan fingerprint density at radius 2 is 1.74 bits per heavy atom. The Bertz CT molecular complexity index is 639. The van der Waals surface area contributed by atoms with Gasteiger partial charge in [0.25, 0.3) is 5.91 Å². The molecule has 0 spiro atoms. The largest absolute Gasteiger partial charge is 0.497 e. The molecule has 27 heavy (non-hydrogen) atoms. The fourth-order valence-electron chi connectivity index (χ4n) is 4.01. The molecule has 2 aliphatic rings. The first-order chi connectivity index (χ1) is 13.1. The van der Waals surface area contributed by atoms with Crippen LogP contribution in [0, 0.1) is 5.92 Å².